The molecule has 1 rings (SSSR count). The molecule has 0 heterocycles. The van der Waals surface area contributed by atoms with E-state index in [1.54, 1.807) is 18.2 Å². The first kappa shape index (κ1) is 10.6. The number of alkyl halides is 3. The van der Waals surface area contributed by atoms with E-state index in [9.17, 15) is 13.2 Å². The standard InChI is InChI=1S/C9H9F3N2/c10-9(11,12)6-8(14-13)7-4-2-1-3-5-7/h1-5H,6,13H2. The first-order valence-corrected chi connectivity index (χ1v) is 3.92. The largest absolute Gasteiger partial charge is 0.394 e. The summed E-state index contributed by atoms with van der Waals surface area (Å²) in [6.45, 7) is 0. The van der Waals surface area contributed by atoms with Crippen LogP contribution < -0.4 is 5.84 Å². The number of benzene rings is 1. The van der Waals surface area contributed by atoms with Gasteiger partial charge in [0.25, 0.3) is 0 Å². The molecule has 0 radical (unpaired) electrons. The number of hydrazone groups is 1. The summed E-state index contributed by atoms with van der Waals surface area (Å²) in [4.78, 5) is 0. The molecule has 2 nitrogen and oxygen atoms in total. The van der Waals surface area contributed by atoms with Crippen LogP contribution in [0.25, 0.3) is 0 Å². The van der Waals surface area contributed by atoms with Gasteiger partial charge in [-0.15, -0.1) is 0 Å². The molecule has 1 aromatic rings. The SMILES string of the molecule is NN=C(CC(F)(F)F)c1ccccc1. The van der Waals surface area contributed by atoms with Crippen LogP contribution in [0.4, 0.5) is 13.2 Å². The van der Waals surface area contributed by atoms with Crippen molar-refractivity contribution in [2.45, 2.75) is 12.6 Å². The minimum Gasteiger partial charge on any atom is -0.323 e. The van der Waals surface area contributed by atoms with Gasteiger partial charge in [0.1, 0.15) is 0 Å². The second kappa shape index (κ2) is 4.13. The quantitative estimate of drug-likeness (QED) is 0.446. The third kappa shape index (κ3) is 3.08. The summed E-state index contributed by atoms with van der Waals surface area (Å²) in [5.74, 6) is 4.90. The summed E-state index contributed by atoms with van der Waals surface area (Å²) < 4.78 is 36.1. The minimum absolute atomic E-state index is 0.155. The highest BCUT2D eigenvalue weighted by atomic mass is 19.4. The zero-order valence-electron chi connectivity index (χ0n) is 7.25. The normalized spacial score (nSPS) is 12.9. The summed E-state index contributed by atoms with van der Waals surface area (Å²) in [5, 5.41) is 3.14. The van der Waals surface area contributed by atoms with Crippen molar-refractivity contribution in [2.24, 2.45) is 10.9 Å². The first-order valence-electron chi connectivity index (χ1n) is 3.92. The van der Waals surface area contributed by atoms with Crippen LogP contribution in [0.3, 0.4) is 0 Å². The molecule has 0 aromatic heterocycles. The van der Waals surface area contributed by atoms with E-state index in [2.05, 4.69) is 5.10 Å². The van der Waals surface area contributed by atoms with Gasteiger partial charge in [-0.05, 0) is 5.56 Å². The van der Waals surface area contributed by atoms with Crippen LogP contribution in [0.5, 0.6) is 0 Å². The van der Waals surface area contributed by atoms with Crippen LogP contribution >= 0.6 is 0 Å². The number of halogens is 3. The van der Waals surface area contributed by atoms with Crippen molar-refractivity contribution < 1.29 is 13.2 Å². The summed E-state index contributed by atoms with van der Waals surface area (Å²) in [7, 11) is 0. The van der Waals surface area contributed by atoms with Gasteiger partial charge in [-0.3, -0.25) is 0 Å². The number of nitrogens with two attached hydrogens (primary N) is 1. The van der Waals surface area contributed by atoms with Crippen molar-refractivity contribution >= 4 is 5.71 Å². The fraction of sp³-hybridized carbons (Fsp3) is 0.222. The minimum atomic E-state index is -4.28. The number of rotatable bonds is 2. The number of hydrogen-bond acceptors (Lipinski definition) is 2. The Balaban J connectivity index is 2.85. The molecule has 0 aliphatic heterocycles. The van der Waals surface area contributed by atoms with Crippen molar-refractivity contribution in [3.8, 4) is 0 Å². The maximum atomic E-state index is 12.0. The monoisotopic (exact) mass is 202 g/mol. The highest BCUT2D eigenvalue weighted by Crippen LogP contribution is 2.22. The van der Waals surface area contributed by atoms with Gasteiger partial charge in [-0.25, -0.2) is 0 Å². The number of nitrogens with zero attached hydrogens (tertiary/aromatic N) is 1. The van der Waals surface area contributed by atoms with Gasteiger partial charge < -0.3 is 5.84 Å². The fourth-order valence-electron chi connectivity index (χ4n) is 1.04. The fourth-order valence-corrected chi connectivity index (χ4v) is 1.04. The van der Waals surface area contributed by atoms with Crippen molar-refractivity contribution in [1.82, 2.24) is 0 Å². The third-order valence-electron chi connectivity index (χ3n) is 1.63. The van der Waals surface area contributed by atoms with Gasteiger partial charge >= 0.3 is 6.18 Å². The Kier molecular flexibility index (Phi) is 3.11. The zero-order valence-corrected chi connectivity index (χ0v) is 7.25. The van der Waals surface area contributed by atoms with Crippen LogP contribution in [-0.2, 0) is 0 Å². The maximum Gasteiger partial charge on any atom is 0.394 e. The summed E-state index contributed by atoms with van der Waals surface area (Å²) in [5.41, 5.74) is 0.241. The first-order chi connectivity index (χ1) is 6.53. The highest BCUT2D eigenvalue weighted by molar-refractivity contribution is 6.00. The van der Waals surface area contributed by atoms with E-state index >= 15 is 0 Å². The molecule has 2 N–H and O–H groups in total. The molecule has 14 heavy (non-hydrogen) atoms. The van der Waals surface area contributed by atoms with Gasteiger partial charge in [-0.1, -0.05) is 30.3 Å². The van der Waals surface area contributed by atoms with Crippen LogP contribution in [0.1, 0.15) is 12.0 Å². The Morgan fingerprint density at radius 2 is 1.79 bits per heavy atom. The van der Waals surface area contributed by atoms with E-state index in [1.165, 1.54) is 12.1 Å². The van der Waals surface area contributed by atoms with E-state index in [4.69, 9.17) is 5.84 Å². The molecule has 0 aliphatic carbocycles. The van der Waals surface area contributed by atoms with Crippen LogP contribution in [0.2, 0.25) is 0 Å². The van der Waals surface area contributed by atoms with Gasteiger partial charge in [0.05, 0.1) is 12.1 Å². The molecule has 0 unspecified atom stereocenters. The van der Waals surface area contributed by atoms with E-state index < -0.39 is 12.6 Å². The second-order valence-electron chi connectivity index (χ2n) is 2.73. The maximum absolute atomic E-state index is 12.0. The Bertz CT molecular complexity index is 317. The highest BCUT2D eigenvalue weighted by Gasteiger charge is 2.30. The smallest absolute Gasteiger partial charge is 0.323 e. The van der Waals surface area contributed by atoms with Crippen molar-refractivity contribution in [1.29, 1.82) is 0 Å². The Morgan fingerprint density at radius 1 is 1.21 bits per heavy atom. The Hall–Kier alpha value is -1.52. The van der Waals surface area contributed by atoms with Crippen LogP contribution in [0.15, 0.2) is 35.4 Å². The molecule has 5 heteroatoms. The molecule has 1 aromatic carbocycles. The lowest BCUT2D eigenvalue weighted by Gasteiger charge is -2.08. The van der Waals surface area contributed by atoms with Crippen LogP contribution in [-0.4, -0.2) is 11.9 Å². The van der Waals surface area contributed by atoms with Gasteiger partial charge in [0.15, 0.2) is 0 Å². The molecule has 0 amide bonds. The molecule has 0 aliphatic rings. The van der Waals surface area contributed by atoms with Crippen LogP contribution in [0, 0.1) is 0 Å². The molecule has 0 atom stereocenters. The van der Waals surface area contributed by atoms with E-state index in [1.807, 2.05) is 0 Å². The van der Waals surface area contributed by atoms with E-state index in [0.29, 0.717) is 5.56 Å². The van der Waals surface area contributed by atoms with Gasteiger partial charge in [0.2, 0.25) is 0 Å². The lowest BCUT2D eigenvalue weighted by atomic mass is 10.1. The zero-order chi connectivity index (χ0) is 10.6. The van der Waals surface area contributed by atoms with E-state index in [0.717, 1.165) is 0 Å². The predicted molar refractivity (Wildman–Crippen MR) is 47.8 cm³/mol. The third-order valence-corrected chi connectivity index (χ3v) is 1.63. The molecular formula is C9H9F3N2. The molecule has 0 fully saturated rings. The topological polar surface area (TPSA) is 38.4 Å². The van der Waals surface area contributed by atoms with Crippen molar-refractivity contribution in [3.63, 3.8) is 0 Å². The summed E-state index contributed by atoms with van der Waals surface area (Å²) in [6.07, 6.45) is -5.39. The molecule has 0 saturated heterocycles. The van der Waals surface area contributed by atoms with E-state index in [-0.39, 0.29) is 5.71 Å². The van der Waals surface area contributed by atoms with Crippen molar-refractivity contribution in [2.75, 3.05) is 0 Å². The summed E-state index contributed by atoms with van der Waals surface area (Å²) in [6, 6.07) is 8.06. The van der Waals surface area contributed by atoms with Gasteiger partial charge in [0, 0.05) is 0 Å². The molecule has 0 bridgehead atoms. The second-order valence-corrected chi connectivity index (χ2v) is 2.73. The predicted octanol–water partition coefficient (Wildman–Crippen LogP) is 2.30. The lowest BCUT2D eigenvalue weighted by Crippen LogP contribution is -2.17. The summed E-state index contributed by atoms with van der Waals surface area (Å²) >= 11 is 0. The molecular weight excluding hydrogens is 193 g/mol. The average molecular weight is 202 g/mol. The van der Waals surface area contributed by atoms with Gasteiger partial charge in [-0.2, -0.15) is 18.3 Å². The Morgan fingerprint density at radius 3 is 2.21 bits per heavy atom. The number of hydrogen-bond donors (Lipinski definition) is 1. The molecule has 76 valence electrons. The lowest BCUT2D eigenvalue weighted by molar-refractivity contribution is -0.121. The van der Waals surface area contributed by atoms with Crippen molar-refractivity contribution in [3.05, 3.63) is 35.9 Å². The molecule has 0 spiro atoms. The average Bonchev–Trinajstić information content (AvgIpc) is 2.14. The molecule has 0 saturated carbocycles. The Labute approximate surface area is 79.2 Å².